The average Bonchev–Trinajstić information content (AvgIpc) is 3.30. The van der Waals surface area contributed by atoms with Crippen LogP contribution in [-0.4, -0.2) is 32.3 Å². The Kier molecular flexibility index (Phi) is 9.40. The number of nitrogens with zero attached hydrogens (tertiary/aromatic N) is 1. The van der Waals surface area contributed by atoms with E-state index in [1.165, 1.54) is 6.07 Å². The number of carbonyl (C=O) groups is 1. The van der Waals surface area contributed by atoms with Gasteiger partial charge in [0.05, 0.1) is 13.0 Å². The maximum absolute atomic E-state index is 14.2. The summed E-state index contributed by atoms with van der Waals surface area (Å²) >= 11 is 0. The summed E-state index contributed by atoms with van der Waals surface area (Å²) in [6.07, 6.45) is 3.21. The molecule has 0 N–H and O–H groups in total. The molecule has 0 spiro atoms. The first-order chi connectivity index (χ1) is 19.1. The largest absolute Gasteiger partial charge is 0.489 e. The van der Waals surface area contributed by atoms with Gasteiger partial charge in [0, 0.05) is 62.2 Å². The fraction of sp³-hybridized carbons (Fsp3) is 0.375. The summed E-state index contributed by atoms with van der Waals surface area (Å²) < 4.78 is 43.3. The maximum atomic E-state index is 14.2. The first-order valence-electron chi connectivity index (χ1n) is 13.5. The van der Waals surface area contributed by atoms with Crippen molar-refractivity contribution in [2.24, 2.45) is 0 Å². The number of pyridine rings is 1. The van der Waals surface area contributed by atoms with Gasteiger partial charge in [-0.05, 0) is 81.1 Å². The highest BCUT2D eigenvalue weighted by atomic mass is 32.2. The average molecular weight is 566 g/mol. The van der Waals surface area contributed by atoms with Gasteiger partial charge in [0.15, 0.2) is 0 Å². The molecular weight excluding hydrogens is 529 g/mol. The second-order valence-electron chi connectivity index (χ2n) is 10.6. The van der Waals surface area contributed by atoms with E-state index in [-0.39, 0.29) is 23.7 Å². The molecule has 0 fully saturated rings. The number of benzene rings is 2. The Hall–Kier alpha value is -3.52. The van der Waals surface area contributed by atoms with Crippen LogP contribution >= 0.6 is 0 Å². The lowest BCUT2D eigenvalue weighted by atomic mass is 10.0. The van der Waals surface area contributed by atoms with Crippen molar-refractivity contribution in [3.8, 4) is 16.9 Å². The summed E-state index contributed by atoms with van der Waals surface area (Å²) in [5, 5.41) is 0.620. The van der Waals surface area contributed by atoms with E-state index in [9.17, 15) is 13.4 Å². The molecular formula is C32H36FNO5S. The number of carbonyl (C=O) groups excluding carboxylic acids is 1. The lowest BCUT2D eigenvalue weighted by molar-refractivity contribution is -0.142. The Bertz CT molecular complexity index is 1520. The summed E-state index contributed by atoms with van der Waals surface area (Å²) in [6, 6.07) is 14.1. The van der Waals surface area contributed by atoms with Crippen LogP contribution in [0.4, 0.5) is 4.39 Å². The van der Waals surface area contributed by atoms with Crippen molar-refractivity contribution in [2.75, 3.05) is 12.4 Å². The van der Waals surface area contributed by atoms with Crippen molar-refractivity contribution >= 4 is 27.7 Å². The highest BCUT2D eigenvalue weighted by Crippen LogP contribution is 2.33. The van der Waals surface area contributed by atoms with Crippen LogP contribution in [0, 0.1) is 6.01 Å². The molecule has 0 radical (unpaired) electrons. The molecule has 0 saturated heterocycles. The van der Waals surface area contributed by atoms with E-state index in [0.717, 1.165) is 39.9 Å². The van der Waals surface area contributed by atoms with Gasteiger partial charge in [-0.15, -0.1) is 0 Å². The van der Waals surface area contributed by atoms with E-state index in [4.69, 9.17) is 13.9 Å². The normalized spacial score (nSPS) is 12.4. The van der Waals surface area contributed by atoms with Crippen LogP contribution in [0.25, 0.3) is 22.1 Å². The second-order valence-corrected chi connectivity index (χ2v) is 13.0. The van der Waals surface area contributed by atoms with Gasteiger partial charge in [-0.1, -0.05) is 19.1 Å². The molecule has 6 nitrogen and oxygen atoms in total. The molecule has 0 aliphatic carbocycles. The predicted molar refractivity (Wildman–Crippen MR) is 156 cm³/mol. The van der Waals surface area contributed by atoms with Crippen LogP contribution in [0.15, 0.2) is 59.1 Å². The summed E-state index contributed by atoms with van der Waals surface area (Å²) in [7, 11) is -0.996. The van der Waals surface area contributed by atoms with Gasteiger partial charge in [-0.2, -0.15) is 4.39 Å². The van der Waals surface area contributed by atoms with E-state index in [1.54, 1.807) is 13.1 Å². The molecule has 212 valence electrons. The molecule has 0 amide bonds. The molecule has 4 aromatic rings. The van der Waals surface area contributed by atoms with E-state index in [2.05, 4.69) is 11.9 Å². The van der Waals surface area contributed by atoms with Gasteiger partial charge >= 0.3 is 5.97 Å². The Balaban J connectivity index is 1.63. The van der Waals surface area contributed by atoms with Crippen molar-refractivity contribution in [3.05, 3.63) is 83.1 Å². The number of hydrogen-bond acceptors (Lipinski definition) is 6. The number of rotatable bonds is 11. The van der Waals surface area contributed by atoms with Gasteiger partial charge in [-0.25, -0.2) is 0 Å². The minimum absolute atomic E-state index is 0.115. The standard InChI is InChI=1S/C32H36FNO5S/c1-6-21-8-9-24(19-30(35)37-7-2)28(16-21)38-20-22-14-25-18-29(33)39-31(25)27(15-22)23-10-12-34-26(17-23)11-13-40(36)32(3,4)5/h8-10,12,14-18H,6-7,11,13,19-20H2,1-5H3/t40-/m1/s1. The van der Waals surface area contributed by atoms with Crippen molar-refractivity contribution in [2.45, 2.75) is 65.2 Å². The number of hydrogen-bond donors (Lipinski definition) is 0. The quantitative estimate of drug-likeness (QED) is 0.183. The van der Waals surface area contributed by atoms with Crippen LogP contribution < -0.4 is 4.74 Å². The highest BCUT2D eigenvalue weighted by molar-refractivity contribution is 7.86. The van der Waals surface area contributed by atoms with E-state index in [0.29, 0.717) is 35.5 Å². The molecule has 0 unspecified atom stereocenters. The third kappa shape index (κ3) is 7.36. The fourth-order valence-corrected chi connectivity index (χ4v) is 5.40. The number of aromatic nitrogens is 1. The summed E-state index contributed by atoms with van der Waals surface area (Å²) in [5.41, 5.74) is 5.44. The lowest BCUT2D eigenvalue weighted by Crippen LogP contribution is -2.25. The molecule has 40 heavy (non-hydrogen) atoms. The first-order valence-corrected chi connectivity index (χ1v) is 14.8. The SMILES string of the molecule is CCOC(=O)Cc1ccc(CC)cc1OCc1cc(-c2ccnc(CC[S@@](=O)C(C)(C)C)c2)c2oc(F)cc2c1. The number of furan rings is 1. The summed E-state index contributed by atoms with van der Waals surface area (Å²) in [5.74, 6) is 0.809. The van der Waals surface area contributed by atoms with Crippen LogP contribution in [0.1, 0.15) is 57.0 Å². The highest BCUT2D eigenvalue weighted by Gasteiger charge is 2.20. The number of ether oxygens (including phenoxy) is 2. The molecule has 1 atom stereocenters. The molecule has 0 saturated carbocycles. The van der Waals surface area contributed by atoms with E-state index >= 15 is 0 Å². The smallest absolute Gasteiger partial charge is 0.310 e. The van der Waals surface area contributed by atoms with Gasteiger partial charge in [0.1, 0.15) is 17.9 Å². The molecule has 4 rings (SSSR count). The van der Waals surface area contributed by atoms with Gasteiger partial charge in [0.25, 0.3) is 6.01 Å². The molecule has 2 aromatic carbocycles. The summed E-state index contributed by atoms with van der Waals surface area (Å²) in [4.78, 5) is 16.6. The predicted octanol–water partition coefficient (Wildman–Crippen LogP) is 6.97. The topological polar surface area (TPSA) is 78.6 Å². The molecule has 0 bridgehead atoms. The number of esters is 1. The van der Waals surface area contributed by atoms with Gasteiger partial charge in [0.2, 0.25) is 0 Å². The second kappa shape index (κ2) is 12.8. The monoisotopic (exact) mass is 565 g/mol. The Labute approximate surface area is 237 Å². The Morgan fingerprint density at radius 3 is 2.58 bits per heavy atom. The number of fused-ring (bicyclic) bond motifs is 1. The van der Waals surface area contributed by atoms with Gasteiger partial charge < -0.3 is 13.9 Å². The first kappa shape index (κ1) is 29.5. The van der Waals surface area contributed by atoms with Crippen LogP contribution in [0.5, 0.6) is 5.75 Å². The maximum Gasteiger partial charge on any atom is 0.310 e. The zero-order valence-electron chi connectivity index (χ0n) is 23.7. The molecule has 2 aromatic heterocycles. The Morgan fingerprint density at radius 2 is 1.85 bits per heavy atom. The minimum atomic E-state index is -0.996. The third-order valence-corrected chi connectivity index (χ3v) is 8.52. The molecule has 0 aliphatic heterocycles. The fourth-order valence-electron chi connectivity index (χ4n) is 4.40. The van der Waals surface area contributed by atoms with E-state index in [1.807, 2.05) is 63.2 Å². The number of aryl methyl sites for hydroxylation is 2. The van der Waals surface area contributed by atoms with Crippen LogP contribution in [0.3, 0.4) is 0 Å². The van der Waals surface area contributed by atoms with Crippen molar-refractivity contribution < 1.29 is 27.3 Å². The molecule has 0 aliphatic rings. The Morgan fingerprint density at radius 1 is 1.05 bits per heavy atom. The van der Waals surface area contributed by atoms with Crippen molar-refractivity contribution in [1.82, 2.24) is 4.98 Å². The van der Waals surface area contributed by atoms with Crippen molar-refractivity contribution in [1.29, 1.82) is 0 Å². The minimum Gasteiger partial charge on any atom is -0.489 e. The zero-order valence-corrected chi connectivity index (χ0v) is 24.5. The van der Waals surface area contributed by atoms with Crippen LogP contribution in [0.2, 0.25) is 0 Å². The van der Waals surface area contributed by atoms with E-state index < -0.39 is 16.8 Å². The van der Waals surface area contributed by atoms with Crippen LogP contribution in [-0.2, 0) is 46.2 Å². The molecule has 8 heteroatoms. The zero-order chi connectivity index (χ0) is 28.9. The number of halogens is 1. The van der Waals surface area contributed by atoms with Gasteiger partial charge in [-0.3, -0.25) is 14.0 Å². The molecule has 2 heterocycles. The third-order valence-electron chi connectivity index (χ3n) is 6.57. The lowest BCUT2D eigenvalue weighted by Gasteiger charge is -2.17. The van der Waals surface area contributed by atoms with Crippen molar-refractivity contribution in [3.63, 3.8) is 0 Å². The summed E-state index contributed by atoms with van der Waals surface area (Å²) in [6.45, 7) is 10.2.